The zero-order valence-corrected chi connectivity index (χ0v) is 13.1. The van der Waals surface area contributed by atoms with Crippen molar-refractivity contribution in [1.82, 2.24) is 0 Å². The molecule has 0 N–H and O–H groups in total. The number of hydrogen-bond acceptors (Lipinski definition) is 5. The van der Waals surface area contributed by atoms with Crippen LogP contribution < -0.4 is 14.2 Å². The number of nitrogens with zero attached hydrogens (tertiary/aromatic N) is 1. The third-order valence-corrected chi connectivity index (χ3v) is 4.24. The molecule has 0 saturated carbocycles. The van der Waals surface area contributed by atoms with Gasteiger partial charge in [-0.2, -0.15) is 0 Å². The van der Waals surface area contributed by atoms with Gasteiger partial charge in [0.05, 0.1) is 4.92 Å². The molecule has 2 aromatic rings. The summed E-state index contributed by atoms with van der Waals surface area (Å²) < 4.78 is 16.7. The first-order valence-electron chi connectivity index (χ1n) is 7.73. The predicted molar refractivity (Wildman–Crippen MR) is 87.2 cm³/mol. The van der Waals surface area contributed by atoms with E-state index in [1.165, 1.54) is 6.07 Å². The normalized spacial score (nSPS) is 15.0. The average Bonchev–Trinajstić information content (AvgIpc) is 3.07. The van der Waals surface area contributed by atoms with Crippen LogP contribution in [0.15, 0.2) is 42.2 Å². The van der Waals surface area contributed by atoms with Gasteiger partial charge in [-0.3, -0.25) is 10.1 Å². The van der Waals surface area contributed by atoms with Crippen LogP contribution in [-0.4, -0.2) is 11.7 Å². The van der Waals surface area contributed by atoms with E-state index in [2.05, 4.69) is 0 Å². The predicted octanol–water partition coefficient (Wildman–Crippen LogP) is 4.08. The fourth-order valence-electron chi connectivity index (χ4n) is 3.08. The lowest BCUT2D eigenvalue weighted by Crippen LogP contribution is -2.11. The molecule has 0 aliphatic carbocycles. The number of hydrogen-bond donors (Lipinski definition) is 0. The van der Waals surface area contributed by atoms with Gasteiger partial charge in [-0.1, -0.05) is 25.1 Å². The lowest BCUT2D eigenvalue weighted by molar-refractivity contribution is -0.385. The molecule has 4 rings (SSSR count). The third-order valence-electron chi connectivity index (χ3n) is 4.24. The Labute approximate surface area is 138 Å². The smallest absolute Gasteiger partial charge is 0.311 e. The topological polar surface area (TPSA) is 70.8 Å². The molecule has 0 radical (unpaired) electrons. The van der Waals surface area contributed by atoms with Crippen molar-refractivity contribution in [1.29, 1.82) is 0 Å². The Balaban J connectivity index is 1.79. The summed E-state index contributed by atoms with van der Waals surface area (Å²) in [6.45, 7) is 2.20. The van der Waals surface area contributed by atoms with Crippen molar-refractivity contribution < 1.29 is 19.1 Å². The van der Waals surface area contributed by atoms with Crippen LogP contribution in [0.3, 0.4) is 0 Å². The summed E-state index contributed by atoms with van der Waals surface area (Å²) in [7, 11) is 0. The molecule has 0 atom stereocenters. The Hall–Kier alpha value is -3.02. The summed E-state index contributed by atoms with van der Waals surface area (Å²) in [5.74, 6) is 2.53. The van der Waals surface area contributed by atoms with Crippen molar-refractivity contribution >= 4 is 11.3 Å². The minimum absolute atomic E-state index is 0.00295. The van der Waals surface area contributed by atoms with Gasteiger partial charge in [0.2, 0.25) is 12.5 Å². The first-order valence-corrected chi connectivity index (χ1v) is 7.73. The summed E-state index contributed by atoms with van der Waals surface area (Å²) in [6, 6.07) is 10.8. The highest BCUT2D eigenvalue weighted by Gasteiger charge is 2.27. The van der Waals surface area contributed by atoms with Crippen LogP contribution in [0.4, 0.5) is 5.69 Å². The van der Waals surface area contributed by atoms with Gasteiger partial charge in [0.25, 0.3) is 0 Å². The fraction of sp³-hybridized carbons (Fsp3) is 0.222. The minimum Gasteiger partial charge on any atom is -0.454 e. The Morgan fingerprint density at radius 3 is 2.79 bits per heavy atom. The van der Waals surface area contributed by atoms with E-state index < -0.39 is 4.92 Å². The number of nitro groups is 1. The molecule has 6 heteroatoms. The standard InChI is InChI=1S/C18H15NO5/c1-2-15-13(11-6-7-16-17(9-11)23-10-22-16)8-12-4-3-5-14(19(20)21)18(12)24-15/h3-7,9H,2,8,10H2,1H3. The van der Waals surface area contributed by atoms with E-state index in [4.69, 9.17) is 14.2 Å². The maximum absolute atomic E-state index is 11.2. The van der Waals surface area contributed by atoms with Gasteiger partial charge in [-0.25, -0.2) is 0 Å². The Morgan fingerprint density at radius 2 is 2.00 bits per heavy atom. The van der Waals surface area contributed by atoms with Crippen LogP contribution in [0.1, 0.15) is 24.5 Å². The van der Waals surface area contributed by atoms with Crippen molar-refractivity contribution in [3.05, 3.63) is 63.4 Å². The highest BCUT2D eigenvalue weighted by Crippen LogP contribution is 2.43. The van der Waals surface area contributed by atoms with Crippen LogP contribution in [-0.2, 0) is 6.42 Å². The van der Waals surface area contributed by atoms with Gasteiger partial charge in [0, 0.05) is 30.0 Å². The van der Waals surface area contributed by atoms with E-state index in [0.29, 0.717) is 24.3 Å². The highest BCUT2D eigenvalue weighted by atomic mass is 16.7. The molecule has 0 aromatic heterocycles. The molecule has 0 spiro atoms. The first kappa shape index (κ1) is 14.6. The lowest BCUT2D eigenvalue weighted by atomic mass is 9.93. The van der Waals surface area contributed by atoms with Crippen molar-refractivity contribution in [2.75, 3.05) is 6.79 Å². The summed E-state index contributed by atoms with van der Waals surface area (Å²) in [4.78, 5) is 10.8. The second-order valence-electron chi connectivity index (χ2n) is 5.62. The van der Waals surface area contributed by atoms with Crippen molar-refractivity contribution in [3.8, 4) is 17.2 Å². The number of para-hydroxylation sites is 1. The second kappa shape index (κ2) is 5.56. The van der Waals surface area contributed by atoms with Gasteiger partial charge < -0.3 is 14.2 Å². The summed E-state index contributed by atoms with van der Waals surface area (Å²) in [6.07, 6.45) is 1.23. The Bertz CT molecular complexity index is 872. The molecule has 0 bridgehead atoms. The largest absolute Gasteiger partial charge is 0.454 e. The third kappa shape index (κ3) is 2.27. The van der Waals surface area contributed by atoms with E-state index in [1.807, 2.05) is 31.2 Å². The number of benzene rings is 2. The maximum Gasteiger partial charge on any atom is 0.311 e. The number of ether oxygens (including phenoxy) is 3. The Kier molecular flexibility index (Phi) is 3.37. The molecule has 0 amide bonds. The number of nitro benzene ring substituents is 1. The van der Waals surface area contributed by atoms with Gasteiger partial charge in [0.15, 0.2) is 11.5 Å². The highest BCUT2D eigenvalue weighted by molar-refractivity contribution is 5.75. The van der Waals surface area contributed by atoms with E-state index in [0.717, 1.165) is 28.2 Å². The molecule has 2 aromatic carbocycles. The van der Waals surface area contributed by atoms with Crippen LogP contribution in [0, 0.1) is 10.1 Å². The number of rotatable bonds is 3. The van der Waals surface area contributed by atoms with Crippen molar-refractivity contribution in [2.45, 2.75) is 19.8 Å². The molecule has 122 valence electrons. The number of fused-ring (bicyclic) bond motifs is 2. The van der Waals surface area contributed by atoms with E-state index in [9.17, 15) is 10.1 Å². The second-order valence-corrected chi connectivity index (χ2v) is 5.62. The molecule has 0 fully saturated rings. The van der Waals surface area contributed by atoms with Crippen LogP contribution in [0.25, 0.3) is 5.57 Å². The molecule has 2 heterocycles. The van der Waals surface area contributed by atoms with Gasteiger partial charge >= 0.3 is 5.69 Å². The summed E-state index contributed by atoms with van der Waals surface area (Å²) >= 11 is 0. The number of allylic oxidation sites excluding steroid dienone is 2. The fourth-order valence-corrected chi connectivity index (χ4v) is 3.08. The quantitative estimate of drug-likeness (QED) is 0.628. The first-order chi connectivity index (χ1) is 11.7. The molecular weight excluding hydrogens is 310 g/mol. The van der Waals surface area contributed by atoms with E-state index >= 15 is 0 Å². The van der Waals surface area contributed by atoms with E-state index in [-0.39, 0.29) is 12.5 Å². The Morgan fingerprint density at radius 1 is 1.17 bits per heavy atom. The van der Waals surface area contributed by atoms with Crippen LogP contribution >= 0.6 is 0 Å². The zero-order valence-electron chi connectivity index (χ0n) is 13.1. The molecular formula is C18H15NO5. The van der Waals surface area contributed by atoms with E-state index in [1.54, 1.807) is 6.07 Å². The summed E-state index contributed by atoms with van der Waals surface area (Å²) in [5.41, 5.74) is 2.81. The zero-order chi connectivity index (χ0) is 16.7. The molecule has 2 aliphatic rings. The van der Waals surface area contributed by atoms with Gasteiger partial charge in [-0.15, -0.1) is 0 Å². The average molecular weight is 325 g/mol. The van der Waals surface area contributed by atoms with Gasteiger partial charge in [-0.05, 0) is 17.7 Å². The van der Waals surface area contributed by atoms with Crippen molar-refractivity contribution in [2.24, 2.45) is 0 Å². The SMILES string of the molecule is CCC1=C(c2ccc3c(c2)OCO3)Cc2cccc([N+](=O)[O-])c2O1. The van der Waals surface area contributed by atoms with Crippen molar-refractivity contribution in [3.63, 3.8) is 0 Å². The lowest BCUT2D eigenvalue weighted by Gasteiger charge is -2.23. The molecule has 6 nitrogen and oxygen atoms in total. The van der Waals surface area contributed by atoms with Crippen LogP contribution in [0.5, 0.6) is 17.2 Å². The maximum atomic E-state index is 11.2. The summed E-state index contributed by atoms with van der Waals surface area (Å²) in [5, 5.41) is 11.2. The molecule has 24 heavy (non-hydrogen) atoms. The molecule has 2 aliphatic heterocycles. The van der Waals surface area contributed by atoms with Crippen LogP contribution in [0.2, 0.25) is 0 Å². The van der Waals surface area contributed by atoms with Gasteiger partial charge in [0.1, 0.15) is 5.76 Å². The molecule has 0 saturated heterocycles. The minimum atomic E-state index is -0.405. The molecule has 0 unspecified atom stereocenters. The monoisotopic (exact) mass is 325 g/mol.